The lowest BCUT2D eigenvalue weighted by atomic mass is 10.0. The summed E-state index contributed by atoms with van der Waals surface area (Å²) in [6, 6.07) is 22.1. The van der Waals surface area contributed by atoms with Gasteiger partial charge >= 0.3 is 5.97 Å². The summed E-state index contributed by atoms with van der Waals surface area (Å²) in [5.41, 5.74) is 2.79. The van der Waals surface area contributed by atoms with Gasteiger partial charge in [-0.3, -0.25) is 19.5 Å². The lowest BCUT2D eigenvalue weighted by molar-refractivity contribution is -0.154. The monoisotopic (exact) mass is 529 g/mol. The van der Waals surface area contributed by atoms with Gasteiger partial charge in [0.05, 0.1) is 0 Å². The summed E-state index contributed by atoms with van der Waals surface area (Å²) in [4.78, 5) is 44.1. The number of amides is 2. The van der Waals surface area contributed by atoms with Crippen molar-refractivity contribution in [3.63, 3.8) is 0 Å². The fraction of sp³-hybridized carbons (Fsp3) is 0.143. The Bertz CT molecular complexity index is 1290. The summed E-state index contributed by atoms with van der Waals surface area (Å²) < 4.78 is 6.12. The van der Waals surface area contributed by atoms with Crippen LogP contribution in [0.4, 0.5) is 0 Å². The van der Waals surface area contributed by atoms with Crippen molar-refractivity contribution < 1.29 is 19.1 Å². The number of nitrogens with zero attached hydrogens (tertiary/aromatic N) is 2. The number of nitrogens with one attached hydrogen (secondary N) is 1. The Labute approximate surface area is 223 Å². The van der Waals surface area contributed by atoms with E-state index in [4.69, 9.17) is 4.74 Å². The Morgan fingerprint density at radius 3 is 2.41 bits per heavy atom. The van der Waals surface area contributed by atoms with E-state index in [9.17, 15) is 14.4 Å². The predicted molar refractivity (Wildman–Crippen MR) is 145 cm³/mol. The number of pyridine rings is 1. The van der Waals surface area contributed by atoms with Gasteiger partial charge in [-0.25, -0.2) is 4.79 Å². The number of esters is 1. The van der Waals surface area contributed by atoms with Gasteiger partial charge in [-0.15, -0.1) is 11.8 Å². The molecule has 37 heavy (non-hydrogen) atoms. The summed E-state index contributed by atoms with van der Waals surface area (Å²) in [6.07, 6.45) is 5.21. The Morgan fingerprint density at radius 1 is 1.08 bits per heavy atom. The van der Waals surface area contributed by atoms with Crippen molar-refractivity contribution in [3.05, 3.63) is 118 Å². The van der Waals surface area contributed by atoms with Gasteiger partial charge in [0.1, 0.15) is 17.1 Å². The van der Waals surface area contributed by atoms with Crippen LogP contribution in [0.1, 0.15) is 22.8 Å². The zero-order valence-corrected chi connectivity index (χ0v) is 21.2. The first-order valence-corrected chi connectivity index (χ1v) is 13.5. The molecule has 1 fully saturated rings. The van der Waals surface area contributed by atoms with E-state index in [1.807, 2.05) is 84.3 Å². The second-order valence-electron chi connectivity index (χ2n) is 8.26. The molecule has 3 aromatic rings. The number of β-lactam (4-membered cyclic amide) rings is 1. The number of carbonyl (C=O) groups excluding carboxylic acids is 3. The second-order valence-corrected chi connectivity index (χ2v) is 10.4. The fourth-order valence-corrected chi connectivity index (χ4v) is 6.55. The van der Waals surface area contributed by atoms with E-state index in [0.717, 1.165) is 16.7 Å². The largest absolute Gasteiger partial charge is 0.448 e. The maximum Gasteiger partial charge on any atom is 0.356 e. The number of aromatic nitrogens is 1. The normalized spacial score (nSPS) is 18.9. The Morgan fingerprint density at radius 2 is 1.78 bits per heavy atom. The number of hydrogen-bond acceptors (Lipinski definition) is 7. The summed E-state index contributed by atoms with van der Waals surface area (Å²) in [5, 5.41) is 4.08. The van der Waals surface area contributed by atoms with Crippen LogP contribution in [0.5, 0.6) is 0 Å². The molecule has 0 bridgehead atoms. The van der Waals surface area contributed by atoms with Crippen LogP contribution in [0.2, 0.25) is 0 Å². The smallest absolute Gasteiger partial charge is 0.356 e. The topological polar surface area (TPSA) is 88.6 Å². The van der Waals surface area contributed by atoms with E-state index in [2.05, 4.69) is 10.3 Å². The quantitative estimate of drug-likeness (QED) is 0.250. The van der Waals surface area contributed by atoms with Crippen LogP contribution in [0.25, 0.3) is 6.08 Å². The van der Waals surface area contributed by atoms with Gasteiger partial charge in [-0.1, -0.05) is 78.5 Å². The number of rotatable bonds is 9. The first-order valence-electron chi connectivity index (χ1n) is 11.6. The molecule has 1 saturated heterocycles. The summed E-state index contributed by atoms with van der Waals surface area (Å²) in [6.45, 7) is 0. The van der Waals surface area contributed by atoms with Crippen LogP contribution in [0.15, 0.2) is 101 Å². The molecule has 2 amide bonds. The molecule has 1 N–H and O–H groups in total. The number of thioether (sulfide) groups is 2. The minimum absolute atomic E-state index is 0.218. The SMILES string of the molecule is O=CNC1C(=O)N2C(C(=O)OC(c3ccccc3)c3ccccc3)=C(S/C=C\c3cccnc3)CS[C@@H]12. The van der Waals surface area contributed by atoms with Crippen LogP contribution in [0, 0.1) is 0 Å². The maximum atomic E-state index is 13.8. The van der Waals surface area contributed by atoms with Gasteiger partial charge in [0.2, 0.25) is 6.41 Å². The first-order chi connectivity index (χ1) is 18.2. The van der Waals surface area contributed by atoms with Crippen LogP contribution < -0.4 is 5.32 Å². The third kappa shape index (κ3) is 5.33. The molecule has 2 atom stereocenters. The molecule has 5 rings (SSSR count). The molecule has 9 heteroatoms. The van der Waals surface area contributed by atoms with E-state index in [1.165, 1.54) is 28.4 Å². The zero-order chi connectivity index (χ0) is 25.6. The van der Waals surface area contributed by atoms with Crippen molar-refractivity contribution in [2.45, 2.75) is 17.5 Å². The average molecular weight is 530 g/mol. The minimum Gasteiger partial charge on any atom is -0.448 e. The molecule has 3 heterocycles. The van der Waals surface area contributed by atoms with Gasteiger partial charge in [-0.05, 0) is 34.2 Å². The molecule has 0 saturated carbocycles. The molecule has 0 aliphatic carbocycles. The Hall–Kier alpha value is -3.82. The highest BCUT2D eigenvalue weighted by molar-refractivity contribution is 8.08. The maximum absolute atomic E-state index is 13.8. The summed E-state index contributed by atoms with van der Waals surface area (Å²) in [5.74, 6) is -0.418. The van der Waals surface area contributed by atoms with Gasteiger partial charge in [0.25, 0.3) is 5.91 Å². The van der Waals surface area contributed by atoms with E-state index < -0.39 is 18.1 Å². The lowest BCUT2D eigenvalue weighted by Crippen LogP contribution is -2.69. The van der Waals surface area contributed by atoms with Gasteiger partial charge in [0.15, 0.2) is 6.10 Å². The number of hydrogen-bond donors (Lipinski definition) is 1. The van der Waals surface area contributed by atoms with Crippen molar-refractivity contribution in [3.8, 4) is 0 Å². The Kier molecular flexibility index (Phi) is 7.72. The van der Waals surface area contributed by atoms with Crippen molar-refractivity contribution in [2.75, 3.05) is 5.75 Å². The minimum atomic E-state index is -0.665. The van der Waals surface area contributed by atoms with Gasteiger partial charge in [-0.2, -0.15) is 0 Å². The van der Waals surface area contributed by atoms with E-state index in [0.29, 0.717) is 17.1 Å². The second kappa shape index (κ2) is 11.5. The third-order valence-electron chi connectivity index (χ3n) is 5.96. The molecular formula is C28H23N3O4S2. The molecule has 2 aliphatic heterocycles. The highest BCUT2D eigenvalue weighted by atomic mass is 32.2. The van der Waals surface area contributed by atoms with Crippen LogP contribution in [0.3, 0.4) is 0 Å². The van der Waals surface area contributed by atoms with Crippen LogP contribution in [-0.2, 0) is 19.1 Å². The molecule has 2 aromatic carbocycles. The van der Waals surface area contributed by atoms with Crippen molar-refractivity contribution in [1.82, 2.24) is 15.2 Å². The van der Waals surface area contributed by atoms with E-state index in [-0.39, 0.29) is 17.0 Å². The zero-order valence-electron chi connectivity index (χ0n) is 19.6. The number of ether oxygens (including phenoxy) is 1. The first kappa shape index (κ1) is 24.9. The number of carbonyl (C=O) groups is 3. The van der Waals surface area contributed by atoms with E-state index in [1.54, 1.807) is 12.4 Å². The molecule has 0 radical (unpaired) electrons. The van der Waals surface area contributed by atoms with Gasteiger partial charge < -0.3 is 10.1 Å². The van der Waals surface area contributed by atoms with Crippen molar-refractivity contribution >= 4 is 47.9 Å². The highest BCUT2D eigenvalue weighted by Crippen LogP contribution is 2.44. The lowest BCUT2D eigenvalue weighted by Gasteiger charge is -2.49. The Balaban J connectivity index is 1.47. The van der Waals surface area contributed by atoms with Crippen molar-refractivity contribution in [2.24, 2.45) is 0 Å². The van der Waals surface area contributed by atoms with E-state index >= 15 is 0 Å². The number of benzene rings is 2. The average Bonchev–Trinajstić information content (AvgIpc) is 2.95. The third-order valence-corrected chi connectivity index (χ3v) is 8.32. The standard InChI is InChI=1S/C28H23N3O4S2/c32-18-30-23-26(33)31-24(22(17-37-27(23)31)36-15-13-19-8-7-14-29-16-19)28(34)35-25(20-9-3-1-4-10-20)21-11-5-2-6-12-21/h1-16,18,23,25,27H,17H2,(H,30,32)/b15-13-/t23?,27-/m0/s1. The molecular weight excluding hydrogens is 506 g/mol. The molecule has 2 aliphatic rings. The van der Waals surface area contributed by atoms with Crippen LogP contribution in [-0.4, -0.2) is 45.3 Å². The number of fused-ring (bicyclic) bond motifs is 1. The predicted octanol–water partition coefficient (Wildman–Crippen LogP) is 4.36. The summed E-state index contributed by atoms with van der Waals surface area (Å²) in [7, 11) is 0. The van der Waals surface area contributed by atoms with Crippen molar-refractivity contribution in [1.29, 1.82) is 0 Å². The van der Waals surface area contributed by atoms with Gasteiger partial charge in [0, 0.05) is 23.1 Å². The fourth-order valence-electron chi connectivity index (χ4n) is 4.18. The molecule has 0 spiro atoms. The van der Waals surface area contributed by atoms with Crippen LogP contribution >= 0.6 is 23.5 Å². The molecule has 186 valence electrons. The molecule has 7 nitrogen and oxygen atoms in total. The molecule has 1 aromatic heterocycles. The molecule has 1 unspecified atom stereocenters. The summed E-state index contributed by atoms with van der Waals surface area (Å²) >= 11 is 2.87. The highest BCUT2D eigenvalue weighted by Gasteiger charge is 2.54.